The van der Waals surface area contributed by atoms with E-state index in [1.54, 1.807) is 11.0 Å². The van der Waals surface area contributed by atoms with Crippen LogP contribution in [0.4, 0.5) is 14.6 Å². The highest BCUT2D eigenvalue weighted by atomic mass is 19.3. The Hall–Kier alpha value is -1.67. The number of nitrogens with zero attached hydrogens (tertiary/aromatic N) is 2. The van der Waals surface area contributed by atoms with Gasteiger partial charge in [-0.1, -0.05) is 5.92 Å². The highest BCUT2D eigenvalue weighted by molar-refractivity contribution is 5.40. The van der Waals surface area contributed by atoms with Crippen molar-refractivity contribution in [3.63, 3.8) is 0 Å². The molecule has 0 amide bonds. The molecule has 0 atom stereocenters. The zero-order valence-electron chi connectivity index (χ0n) is 9.50. The SMILES string of the molecule is Cc1cc(N)nc(C#CCN2CC(F)(F)C2)c1. The summed E-state index contributed by atoms with van der Waals surface area (Å²) in [5.74, 6) is 3.53. The number of likely N-dealkylation sites (tertiary alicyclic amines) is 1. The van der Waals surface area contributed by atoms with E-state index >= 15 is 0 Å². The standard InChI is InChI=1S/C12H13F2N3/c1-9-5-10(16-11(15)6-9)3-2-4-17-7-12(13,14)8-17/h5-6H,4,7-8H2,1H3,(H2,15,16). The lowest BCUT2D eigenvalue weighted by molar-refractivity contribution is -0.125. The summed E-state index contributed by atoms with van der Waals surface area (Å²) in [5, 5.41) is 0. The van der Waals surface area contributed by atoms with E-state index in [0.29, 0.717) is 18.1 Å². The van der Waals surface area contributed by atoms with E-state index in [9.17, 15) is 8.78 Å². The summed E-state index contributed by atoms with van der Waals surface area (Å²) in [6, 6.07) is 3.56. The van der Waals surface area contributed by atoms with Crippen LogP contribution in [0.2, 0.25) is 0 Å². The molecule has 5 heteroatoms. The number of hydrogen-bond donors (Lipinski definition) is 1. The predicted molar refractivity (Wildman–Crippen MR) is 61.7 cm³/mol. The van der Waals surface area contributed by atoms with Crippen molar-refractivity contribution in [1.82, 2.24) is 9.88 Å². The third kappa shape index (κ3) is 3.14. The zero-order chi connectivity index (χ0) is 12.5. The van der Waals surface area contributed by atoms with Gasteiger partial charge < -0.3 is 5.73 Å². The Morgan fingerprint density at radius 3 is 2.76 bits per heavy atom. The molecule has 0 aliphatic carbocycles. The van der Waals surface area contributed by atoms with Gasteiger partial charge in [-0.2, -0.15) is 0 Å². The lowest BCUT2D eigenvalue weighted by atomic mass is 10.1. The molecule has 1 saturated heterocycles. The number of aromatic nitrogens is 1. The van der Waals surface area contributed by atoms with Crippen molar-refractivity contribution in [2.45, 2.75) is 12.8 Å². The van der Waals surface area contributed by atoms with Crippen LogP contribution in [0.15, 0.2) is 12.1 Å². The van der Waals surface area contributed by atoms with Gasteiger partial charge in [0.05, 0.1) is 19.6 Å². The molecule has 0 aromatic carbocycles. The van der Waals surface area contributed by atoms with Crippen LogP contribution >= 0.6 is 0 Å². The maximum atomic E-state index is 12.5. The normalized spacial score (nSPS) is 18.1. The molecule has 1 aliphatic rings. The molecule has 1 aromatic heterocycles. The Morgan fingerprint density at radius 1 is 1.47 bits per heavy atom. The van der Waals surface area contributed by atoms with Crippen molar-refractivity contribution in [1.29, 1.82) is 0 Å². The van der Waals surface area contributed by atoms with E-state index in [-0.39, 0.29) is 13.1 Å². The van der Waals surface area contributed by atoms with Gasteiger partial charge in [-0.3, -0.25) is 4.90 Å². The third-order valence-corrected chi connectivity index (χ3v) is 2.42. The van der Waals surface area contributed by atoms with Gasteiger partial charge in [-0.25, -0.2) is 13.8 Å². The third-order valence-electron chi connectivity index (χ3n) is 2.42. The number of nitrogens with two attached hydrogens (primary N) is 1. The topological polar surface area (TPSA) is 42.1 Å². The maximum Gasteiger partial charge on any atom is 0.273 e. The molecule has 2 heterocycles. The zero-order valence-corrected chi connectivity index (χ0v) is 9.50. The molecule has 1 aliphatic heterocycles. The average Bonchev–Trinajstić information content (AvgIpc) is 2.13. The minimum absolute atomic E-state index is 0.203. The molecule has 1 aromatic rings. The Kier molecular flexibility index (Phi) is 2.99. The van der Waals surface area contributed by atoms with Gasteiger partial charge in [0.2, 0.25) is 0 Å². The molecule has 0 saturated carbocycles. The molecule has 17 heavy (non-hydrogen) atoms. The average molecular weight is 237 g/mol. The number of hydrogen-bond acceptors (Lipinski definition) is 3. The lowest BCUT2D eigenvalue weighted by Gasteiger charge is -2.37. The summed E-state index contributed by atoms with van der Waals surface area (Å²) >= 11 is 0. The van der Waals surface area contributed by atoms with E-state index < -0.39 is 5.92 Å². The van der Waals surface area contributed by atoms with Gasteiger partial charge in [-0.05, 0) is 30.5 Å². The summed E-state index contributed by atoms with van der Waals surface area (Å²) in [7, 11) is 0. The number of aryl methyl sites for hydroxylation is 1. The Bertz CT molecular complexity index is 460. The van der Waals surface area contributed by atoms with Gasteiger partial charge in [-0.15, -0.1) is 0 Å². The first kappa shape index (κ1) is 11.8. The molecule has 90 valence electrons. The van der Waals surface area contributed by atoms with Gasteiger partial charge >= 0.3 is 0 Å². The van der Waals surface area contributed by atoms with E-state index in [1.807, 2.05) is 13.0 Å². The van der Waals surface area contributed by atoms with Crippen LogP contribution in [-0.4, -0.2) is 35.4 Å². The van der Waals surface area contributed by atoms with Gasteiger partial charge in [0.1, 0.15) is 11.5 Å². The van der Waals surface area contributed by atoms with Crippen LogP contribution in [0.1, 0.15) is 11.3 Å². The molecule has 0 bridgehead atoms. The van der Waals surface area contributed by atoms with Crippen molar-refractivity contribution in [2.24, 2.45) is 0 Å². The molecule has 3 nitrogen and oxygen atoms in total. The molecule has 0 unspecified atom stereocenters. The summed E-state index contributed by atoms with van der Waals surface area (Å²) in [4.78, 5) is 5.63. The fraction of sp³-hybridized carbons (Fsp3) is 0.417. The van der Waals surface area contributed by atoms with Crippen LogP contribution in [-0.2, 0) is 0 Å². The fourth-order valence-corrected chi connectivity index (χ4v) is 1.72. The molecular weight excluding hydrogens is 224 g/mol. The summed E-state index contributed by atoms with van der Waals surface area (Å²) < 4.78 is 25.1. The number of halogens is 2. The second-order valence-corrected chi connectivity index (χ2v) is 4.26. The van der Waals surface area contributed by atoms with Crippen molar-refractivity contribution in [3.8, 4) is 11.8 Å². The highest BCUT2D eigenvalue weighted by Crippen LogP contribution is 2.25. The van der Waals surface area contributed by atoms with Crippen molar-refractivity contribution in [3.05, 3.63) is 23.4 Å². The van der Waals surface area contributed by atoms with E-state index in [4.69, 9.17) is 5.73 Å². The Morgan fingerprint density at radius 2 is 2.18 bits per heavy atom. The van der Waals surface area contributed by atoms with E-state index in [1.165, 1.54) is 0 Å². The van der Waals surface area contributed by atoms with Gasteiger partial charge in [0.25, 0.3) is 5.92 Å². The Labute approximate surface area is 98.6 Å². The van der Waals surface area contributed by atoms with Crippen LogP contribution in [0, 0.1) is 18.8 Å². The second kappa shape index (κ2) is 4.30. The number of pyridine rings is 1. The predicted octanol–water partition coefficient (Wildman–Crippen LogP) is 1.27. The summed E-state index contributed by atoms with van der Waals surface area (Å²) in [6.45, 7) is 1.83. The highest BCUT2D eigenvalue weighted by Gasteiger charge is 2.43. The number of rotatable bonds is 1. The molecular formula is C12H13F2N3. The van der Waals surface area contributed by atoms with E-state index in [2.05, 4.69) is 16.8 Å². The van der Waals surface area contributed by atoms with E-state index in [0.717, 1.165) is 5.56 Å². The number of nitrogen functional groups attached to an aromatic ring is 1. The Balaban J connectivity index is 1.93. The monoisotopic (exact) mass is 237 g/mol. The van der Waals surface area contributed by atoms with Crippen LogP contribution in [0.5, 0.6) is 0 Å². The van der Waals surface area contributed by atoms with Crippen LogP contribution in [0.25, 0.3) is 0 Å². The second-order valence-electron chi connectivity index (χ2n) is 4.26. The largest absolute Gasteiger partial charge is 0.384 e. The van der Waals surface area contributed by atoms with Crippen molar-refractivity contribution in [2.75, 3.05) is 25.4 Å². The molecule has 2 rings (SSSR count). The minimum atomic E-state index is -2.53. The summed E-state index contributed by atoms with van der Waals surface area (Å²) in [5.41, 5.74) is 7.14. The quantitative estimate of drug-likeness (QED) is 0.748. The molecule has 2 N–H and O–H groups in total. The summed E-state index contributed by atoms with van der Waals surface area (Å²) in [6.07, 6.45) is 0. The number of alkyl halides is 2. The first-order chi connectivity index (χ1) is 7.94. The molecule has 0 spiro atoms. The van der Waals surface area contributed by atoms with Gasteiger partial charge in [0, 0.05) is 0 Å². The van der Waals surface area contributed by atoms with Crippen LogP contribution in [0.3, 0.4) is 0 Å². The lowest BCUT2D eigenvalue weighted by Crippen LogP contribution is -2.55. The molecule has 0 radical (unpaired) electrons. The number of anilines is 1. The van der Waals surface area contributed by atoms with Crippen molar-refractivity contribution < 1.29 is 8.78 Å². The first-order valence-electron chi connectivity index (χ1n) is 5.28. The molecule has 1 fully saturated rings. The van der Waals surface area contributed by atoms with Crippen LogP contribution < -0.4 is 5.73 Å². The fourth-order valence-electron chi connectivity index (χ4n) is 1.72. The van der Waals surface area contributed by atoms with Crippen molar-refractivity contribution >= 4 is 5.82 Å². The minimum Gasteiger partial charge on any atom is -0.384 e. The smallest absolute Gasteiger partial charge is 0.273 e. The first-order valence-corrected chi connectivity index (χ1v) is 5.28. The van der Waals surface area contributed by atoms with Gasteiger partial charge in [0.15, 0.2) is 0 Å². The maximum absolute atomic E-state index is 12.5.